The lowest BCUT2D eigenvalue weighted by molar-refractivity contribution is 0.0793. The molecule has 2 aliphatic carbocycles. The van der Waals surface area contributed by atoms with E-state index in [4.69, 9.17) is 9.72 Å². The van der Waals surface area contributed by atoms with Crippen molar-refractivity contribution in [3.8, 4) is 5.88 Å². The molecule has 27 heavy (non-hydrogen) atoms. The highest BCUT2D eigenvalue weighted by Crippen LogP contribution is 2.40. The first-order chi connectivity index (χ1) is 13.3. The van der Waals surface area contributed by atoms with Crippen molar-refractivity contribution in [1.82, 2.24) is 15.2 Å². The SMILES string of the molecule is O=C(c1cc(OCC2CCCCC2)nc(C2CC2)c1)N1CC2=C(CNC2)C1. The van der Waals surface area contributed by atoms with Gasteiger partial charge in [0.2, 0.25) is 5.88 Å². The fourth-order valence-corrected chi connectivity index (χ4v) is 4.66. The quantitative estimate of drug-likeness (QED) is 0.812. The molecule has 5 heteroatoms. The second-order valence-corrected chi connectivity index (χ2v) is 8.68. The predicted octanol–water partition coefficient (Wildman–Crippen LogP) is 3.27. The van der Waals surface area contributed by atoms with Crippen LogP contribution in [0.2, 0.25) is 0 Å². The van der Waals surface area contributed by atoms with E-state index in [1.165, 1.54) is 56.1 Å². The number of hydrogen-bond donors (Lipinski definition) is 1. The maximum Gasteiger partial charge on any atom is 0.254 e. The van der Waals surface area contributed by atoms with Crippen LogP contribution in [0.4, 0.5) is 0 Å². The normalized spacial score (nSPS) is 23.0. The van der Waals surface area contributed by atoms with Crippen molar-refractivity contribution in [1.29, 1.82) is 0 Å². The van der Waals surface area contributed by atoms with E-state index in [1.54, 1.807) is 0 Å². The molecule has 0 saturated heterocycles. The van der Waals surface area contributed by atoms with Crippen LogP contribution in [0, 0.1) is 5.92 Å². The van der Waals surface area contributed by atoms with Crippen LogP contribution in [-0.2, 0) is 0 Å². The summed E-state index contributed by atoms with van der Waals surface area (Å²) in [5, 5.41) is 3.37. The fourth-order valence-electron chi connectivity index (χ4n) is 4.66. The van der Waals surface area contributed by atoms with E-state index in [9.17, 15) is 4.79 Å². The molecule has 0 spiro atoms. The lowest BCUT2D eigenvalue weighted by Gasteiger charge is -2.22. The zero-order chi connectivity index (χ0) is 18.2. The molecule has 0 aromatic carbocycles. The molecule has 4 aliphatic rings. The highest BCUT2D eigenvalue weighted by atomic mass is 16.5. The molecule has 1 N–H and O–H groups in total. The van der Waals surface area contributed by atoms with Gasteiger partial charge in [0, 0.05) is 49.4 Å². The summed E-state index contributed by atoms with van der Waals surface area (Å²) >= 11 is 0. The van der Waals surface area contributed by atoms with Crippen molar-refractivity contribution in [3.05, 3.63) is 34.5 Å². The summed E-state index contributed by atoms with van der Waals surface area (Å²) in [4.78, 5) is 19.8. The third-order valence-electron chi connectivity index (χ3n) is 6.48. The van der Waals surface area contributed by atoms with Crippen LogP contribution in [-0.4, -0.2) is 48.6 Å². The Morgan fingerprint density at radius 3 is 2.52 bits per heavy atom. The second kappa shape index (κ2) is 7.27. The first-order valence-electron chi connectivity index (χ1n) is 10.6. The number of aromatic nitrogens is 1. The number of hydrogen-bond acceptors (Lipinski definition) is 4. The van der Waals surface area contributed by atoms with Crippen LogP contribution in [0.1, 0.15) is 66.9 Å². The largest absolute Gasteiger partial charge is 0.477 e. The lowest BCUT2D eigenvalue weighted by Crippen LogP contribution is -2.32. The van der Waals surface area contributed by atoms with Crippen LogP contribution < -0.4 is 10.1 Å². The number of ether oxygens (including phenoxy) is 1. The summed E-state index contributed by atoms with van der Waals surface area (Å²) in [6, 6.07) is 3.88. The van der Waals surface area contributed by atoms with Gasteiger partial charge in [-0.05, 0) is 48.8 Å². The molecule has 2 fully saturated rings. The minimum Gasteiger partial charge on any atom is -0.477 e. The number of carbonyl (C=O) groups excluding carboxylic acids is 1. The van der Waals surface area contributed by atoms with Gasteiger partial charge in [0.1, 0.15) is 0 Å². The molecule has 0 atom stereocenters. The Kier molecular flexibility index (Phi) is 4.64. The van der Waals surface area contributed by atoms with Crippen LogP contribution >= 0.6 is 0 Å². The van der Waals surface area contributed by atoms with Gasteiger partial charge >= 0.3 is 0 Å². The average molecular weight is 367 g/mol. The van der Waals surface area contributed by atoms with Crippen molar-refractivity contribution < 1.29 is 9.53 Å². The van der Waals surface area contributed by atoms with Crippen LogP contribution in [0.25, 0.3) is 0 Å². The summed E-state index contributed by atoms with van der Waals surface area (Å²) in [6.07, 6.45) is 8.85. The summed E-state index contributed by atoms with van der Waals surface area (Å²) in [6.45, 7) is 4.12. The Bertz CT molecular complexity index is 747. The van der Waals surface area contributed by atoms with Gasteiger partial charge in [0.25, 0.3) is 5.91 Å². The van der Waals surface area contributed by atoms with Crippen molar-refractivity contribution in [3.63, 3.8) is 0 Å². The molecule has 2 saturated carbocycles. The molecule has 1 aromatic heterocycles. The monoisotopic (exact) mass is 367 g/mol. The third-order valence-corrected chi connectivity index (χ3v) is 6.48. The van der Waals surface area contributed by atoms with E-state index in [2.05, 4.69) is 5.32 Å². The number of nitrogens with one attached hydrogen (secondary N) is 1. The van der Waals surface area contributed by atoms with Gasteiger partial charge < -0.3 is 15.0 Å². The number of rotatable bonds is 5. The van der Waals surface area contributed by atoms with Gasteiger partial charge in [0.15, 0.2) is 0 Å². The minimum absolute atomic E-state index is 0.121. The zero-order valence-electron chi connectivity index (χ0n) is 16.0. The molecule has 1 amide bonds. The summed E-state index contributed by atoms with van der Waals surface area (Å²) in [7, 11) is 0. The van der Waals surface area contributed by atoms with Crippen LogP contribution in [0.3, 0.4) is 0 Å². The first kappa shape index (κ1) is 17.2. The van der Waals surface area contributed by atoms with Crippen LogP contribution in [0.5, 0.6) is 5.88 Å². The van der Waals surface area contributed by atoms with E-state index in [0.717, 1.165) is 44.0 Å². The molecule has 144 valence electrons. The van der Waals surface area contributed by atoms with Gasteiger partial charge in [-0.25, -0.2) is 4.98 Å². The molecule has 1 aromatic rings. The van der Waals surface area contributed by atoms with E-state index in [1.807, 2.05) is 17.0 Å². The molecule has 0 unspecified atom stereocenters. The van der Waals surface area contributed by atoms with Gasteiger partial charge in [-0.2, -0.15) is 0 Å². The average Bonchev–Trinajstić information content (AvgIpc) is 3.34. The van der Waals surface area contributed by atoms with E-state index >= 15 is 0 Å². The molecule has 2 aliphatic heterocycles. The molecule has 3 heterocycles. The van der Waals surface area contributed by atoms with Gasteiger partial charge in [-0.15, -0.1) is 0 Å². The highest BCUT2D eigenvalue weighted by Gasteiger charge is 2.31. The number of nitrogens with zero attached hydrogens (tertiary/aromatic N) is 2. The standard InChI is InChI=1S/C22H29N3O2/c26-22(25-12-18-10-23-11-19(18)13-25)17-8-20(16-6-7-16)24-21(9-17)27-14-15-4-2-1-3-5-15/h8-9,15-16,23H,1-7,10-14H2. The Labute approximate surface area is 161 Å². The number of carbonyl (C=O) groups is 1. The van der Waals surface area contributed by atoms with Gasteiger partial charge in [-0.1, -0.05) is 19.3 Å². The zero-order valence-corrected chi connectivity index (χ0v) is 16.0. The van der Waals surface area contributed by atoms with Gasteiger partial charge in [0.05, 0.1) is 6.61 Å². The van der Waals surface area contributed by atoms with E-state index < -0.39 is 0 Å². The number of amides is 1. The van der Waals surface area contributed by atoms with Crippen LogP contribution in [0.15, 0.2) is 23.3 Å². The fraction of sp³-hybridized carbons (Fsp3) is 0.636. The Morgan fingerprint density at radius 2 is 1.81 bits per heavy atom. The smallest absolute Gasteiger partial charge is 0.254 e. The minimum atomic E-state index is 0.121. The topological polar surface area (TPSA) is 54.5 Å². The molecular weight excluding hydrogens is 338 g/mol. The summed E-state index contributed by atoms with van der Waals surface area (Å²) in [5.74, 6) is 1.93. The Balaban J connectivity index is 1.31. The highest BCUT2D eigenvalue weighted by molar-refractivity contribution is 5.95. The van der Waals surface area contributed by atoms with Gasteiger partial charge in [-0.3, -0.25) is 4.79 Å². The molecular formula is C22H29N3O2. The van der Waals surface area contributed by atoms with Crippen molar-refractivity contribution in [2.75, 3.05) is 32.8 Å². The first-order valence-corrected chi connectivity index (χ1v) is 10.6. The number of pyridine rings is 1. The molecule has 0 bridgehead atoms. The maximum atomic E-state index is 13.1. The van der Waals surface area contributed by atoms with E-state index in [-0.39, 0.29) is 5.91 Å². The lowest BCUT2D eigenvalue weighted by atomic mass is 9.90. The van der Waals surface area contributed by atoms with Crippen molar-refractivity contribution >= 4 is 5.91 Å². The predicted molar refractivity (Wildman–Crippen MR) is 104 cm³/mol. The van der Waals surface area contributed by atoms with Crippen molar-refractivity contribution in [2.24, 2.45) is 5.92 Å². The van der Waals surface area contributed by atoms with Crippen molar-refractivity contribution in [2.45, 2.75) is 50.9 Å². The maximum absolute atomic E-state index is 13.1. The summed E-state index contributed by atoms with van der Waals surface area (Å²) in [5.41, 5.74) is 4.59. The Hall–Kier alpha value is -1.88. The third kappa shape index (κ3) is 3.75. The molecule has 5 nitrogen and oxygen atoms in total. The Morgan fingerprint density at radius 1 is 1.07 bits per heavy atom. The van der Waals surface area contributed by atoms with E-state index in [0.29, 0.717) is 17.7 Å². The second-order valence-electron chi connectivity index (χ2n) is 8.68. The molecule has 5 rings (SSSR count). The molecule has 0 radical (unpaired) electrons. The summed E-state index contributed by atoms with van der Waals surface area (Å²) < 4.78 is 6.09.